The van der Waals surface area contributed by atoms with Gasteiger partial charge in [-0.2, -0.15) is 0 Å². The highest BCUT2D eigenvalue weighted by Crippen LogP contribution is 2.36. The highest BCUT2D eigenvalue weighted by molar-refractivity contribution is 5.44. The van der Waals surface area contributed by atoms with Crippen LogP contribution in [0.3, 0.4) is 0 Å². The molecule has 0 spiro atoms. The van der Waals surface area contributed by atoms with Crippen molar-refractivity contribution in [2.24, 2.45) is 5.92 Å². The van der Waals surface area contributed by atoms with Gasteiger partial charge in [0.15, 0.2) is 0 Å². The molecular weight excluding hydrogens is 222 g/mol. The lowest BCUT2D eigenvalue weighted by Crippen LogP contribution is -2.33. The zero-order valence-electron chi connectivity index (χ0n) is 10.8. The van der Waals surface area contributed by atoms with Crippen molar-refractivity contribution in [2.75, 3.05) is 5.73 Å². The first-order chi connectivity index (χ1) is 8.55. The molecule has 18 heavy (non-hydrogen) atoms. The minimum Gasteiger partial charge on any atom is -0.399 e. The fourth-order valence-corrected chi connectivity index (χ4v) is 2.26. The molecule has 0 aliphatic heterocycles. The van der Waals surface area contributed by atoms with E-state index in [0.717, 1.165) is 11.1 Å². The Labute approximate surface area is 108 Å². The van der Waals surface area contributed by atoms with Crippen molar-refractivity contribution in [2.45, 2.75) is 19.4 Å². The van der Waals surface area contributed by atoms with Crippen molar-refractivity contribution in [1.29, 1.82) is 0 Å². The summed E-state index contributed by atoms with van der Waals surface area (Å²) < 4.78 is 0. The van der Waals surface area contributed by atoms with Crippen LogP contribution in [0.1, 0.15) is 25.0 Å². The summed E-state index contributed by atoms with van der Waals surface area (Å²) in [6, 6.07) is 17.2. The lowest BCUT2D eigenvalue weighted by molar-refractivity contribution is 0.0318. The molecule has 0 radical (unpaired) electrons. The summed E-state index contributed by atoms with van der Waals surface area (Å²) in [7, 11) is 0. The first-order valence-corrected chi connectivity index (χ1v) is 6.19. The van der Waals surface area contributed by atoms with Gasteiger partial charge in [0, 0.05) is 5.69 Å². The largest absolute Gasteiger partial charge is 0.399 e. The zero-order valence-corrected chi connectivity index (χ0v) is 10.8. The van der Waals surface area contributed by atoms with Crippen LogP contribution >= 0.6 is 0 Å². The van der Waals surface area contributed by atoms with E-state index in [1.165, 1.54) is 0 Å². The summed E-state index contributed by atoms with van der Waals surface area (Å²) in [4.78, 5) is 0. The number of nitrogen functional groups attached to an aromatic ring is 1. The predicted molar refractivity (Wildman–Crippen MR) is 75.1 cm³/mol. The monoisotopic (exact) mass is 241 g/mol. The van der Waals surface area contributed by atoms with Crippen LogP contribution in [-0.4, -0.2) is 5.11 Å². The van der Waals surface area contributed by atoms with Crippen LogP contribution in [-0.2, 0) is 5.60 Å². The number of rotatable bonds is 3. The molecule has 2 heteroatoms. The molecule has 0 aliphatic carbocycles. The van der Waals surface area contributed by atoms with Crippen LogP contribution in [0.25, 0.3) is 0 Å². The van der Waals surface area contributed by atoms with Crippen molar-refractivity contribution < 1.29 is 5.11 Å². The van der Waals surface area contributed by atoms with Crippen LogP contribution in [0, 0.1) is 5.92 Å². The molecule has 2 aromatic carbocycles. The van der Waals surface area contributed by atoms with Crippen LogP contribution in [0.5, 0.6) is 0 Å². The molecule has 1 atom stereocenters. The van der Waals surface area contributed by atoms with Gasteiger partial charge in [0.05, 0.1) is 0 Å². The summed E-state index contributed by atoms with van der Waals surface area (Å²) in [5, 5.41) is 11.1. The Morgan fingerprint density at radius 3 is 1.89 bits per heavy atom. The van der Waals surface area contributed by atoms with Gasteiger partial charge in [-0.25, -0.2) is 0 Å². The first-order valence-electron chi connectivity index (χ1n) is 6.19. The average molecular weight is 241 g/mol. The maximum atomic E-state index is 11.1. The molecule has 0 saturated heterocycles. The number of hydrogen-bond acceptors (Lipinski definition) is 2. The first kappa shape index (κ1) is 12.7. The molecule has 2 aromatic rings. The molecule has 94 valence electrons. The zero-order chi connectivity index (χ0) is 13.2. The van der Waals surface area contributed by atoms with Crippen molar-refractivity contribution in [3.63, 3.8) is 0 Å². The van der Waals surface area contributed by atoms with Crippen LogP contribution in [0.2, 0.25) is 0 Å². The van der Waals surface area contributed by atoms with Crippen LogP contribution in [0.15, 0.2) is 54.6 Å². The molecule has 0 bridgehead atoms. The van der Waals surface area contributed by atoms with Crippen LogP contribution in [0.4, 0.5) is 5.69 Å². The summed E-state index contributed by atoms with van der Waals surface area (Å²) in [6.45, 7) is 4.03. The lowest BCUT2D eigenvalue weighted by atomic mass is 9.78. The summed E-state index contributed by atoms with van der Waals surface area (Å²) in [6.07, 6.45) is 0. The van der Waals surface area contributed by atoms with Crippen molar-refractivity contribution in [3.05, 3.63) is 65.7 Å². The van der Waals surface area contributed by atoms with Gasteiger partial charge >= 0.3 is 0 Å². The van der Waals surface area contributed by atoms with Gasteiger partial charge in [-0.3, -0.25) is 0 Å². The molecule has 0 aromatic heterocycles. The topological polar surface area (TPSA) is 46.2 Å². The second kappa shape index (κ2) is 4.83. The highest BCUT2D eigenvalue weighted by Gasteiger charge is 2.34. The molecule has 0 heterocycles. The number of anilines is 1. The minimum absolute atomic E-state index is 0.0727. The molecule has 0 aliphatic rings. The van der Waals surface area contributed by atoms with Crippen LogP contribution < -0.4 is 5.73 Å². The van der Waals surface area contributed by atoms with Gasteiger partial charge in [0.25, 0.3) is 0 Å². The fraction of sp³-hybridized carbons (Fsp3) is 0.250. The molecule has 1 unspecified atom stereocenters. The lowest BCUT2D eigenvalue weighted by Gasteiger charge is -2.33. The molecule has 0 saturated carbocycles. The number of aliphatic hydroxyl groups is 1. The highest BCUT2D eigenvalue weighted by atomic mass is 16.3. The summed E-state index contributed by atoms with van der Waals surface area (Å²) >= 11 is 0. The molecule has 3 N–H and O–H groups in total. The Kier molecular flexibility index (Phi) is 3.39. The second-order valence-electron chi connectivity index (χ2n) is 4.91. The van der Waals surface area contributed by atoms with Gasteiger partial charge in [-0.1, -0.05) is 56.3 Å². The third-order valence-corrected chi connectivity index (χ3v) is 3.40. The molecule has 0 amide bonds. The standard InChI is InChI=1S/C16H19NO/c1-12(2)16(18,13-6-4-3-5-7-13)14-8-10-15(17)11-9-14/h3-12,18H,17H2,1-2H3. The number of nitrogens with two attached hydrogens (primary N) is 1. The van der Waals surface area contributed by atoms with Crippen molar-refractivity contribution in [1.82, 2.24) is 0 Å². The van der Waals surface area contributed by atoms with E-state index in [-0.39, 0.29) is 5.92 Å². The van der Waals surface area contributed by atoms with E-state index in [0.29, 0.717) is 5.69 Å². The average Bonchev–Trinajstić information content (AvgIpc) is 2.39. The Hall–Kier alpha value is -1.80. The van der Waals surface area contributed by atoms with E-state index in [4.69, 9.17) is 5.73 Å². The Morgan fingerprint density at radius 1 is 0.889 bits per heavy atom. The van der Waals surface area contributed by atoms with Crippen molar-refractivity contribution >= 4 is 5.69 Å². The normalized spacial score (nSPS) is 14.4. The summed E-state index contributed by atoms with van der Waals surface area (Å²) in [5.41, 5.74) is 7.21. The predicted octanol–water partition coefficient (Wildman–Crippen LogP) is 3.16. The Morgan fingerprint density at radius 2 is 1.39 bits per heavy atom. The van der Waals surface area contributed by atoms with Gasteiger partial charge < -0.3 is 10.8 Å². The van der Waals surface area contributed by atoms with Gasteiger partial charge in [0.2, 0.25) is 0 Å². The van der Waals surface area contributed by atoms with E-state index in [9.17, 15) is 5.11 Å². The smallest absolute Gasteiger partial charge is 0.117 e. The maximum Gasteiger partial charge on any atom is 0.117 e. The number of benzene rings is 2. The third-order valence-electron chi connectivity index (χ3n) is 3.40. The Balaban J connectivity index is 2.54. The third kappa shape index (κ3) is 2.12. The molecule has 2 rings (SSSR count). The van der Waals surface area contributed by atoms with Gasteiger partial charge in [-0.15, -0.1) is 0 Å². The van der Waals surface area contributed by atoms with Crippen molar-refractivity contribution in [3.8, 4) is 0 Å². The van der Waals surface area contributed by atoms with E-state index in [2.05, 4.69) is 0 Å². The van der Waals surface area contributed by atoms with E-state index in [1.807, 2.05) is 68.4 Å². The van der Waals surface area contributed by atoms with E-state index < -0.39 is 5.60 Å². The van der Waals surface area contributed by atoms with E-state index in [1.54, 1.807) is 0 Å². The fourth-order valence-electron chi connectivity index (χ4n) is 2.26. The minimum atomic E-state index is -0.977. The molecular formula is C16H19NO. The summed E-state index contributed by atoms with van der Waals surface area (Å²) in [5.74, 6) is 0.0727. The molecule has 2 nitrogen and oxygen atoms in total. The SMILES string of the molecule is CC(C)C(O)(c1ccccc1)c1ccc(N)cc1. The van der Waals surface area contributed by atoms with E-state index >= 15 is 0 Å². The number of hydrogen-bond donors (Lipinski definition) is 2. The maximum absolute atomic E-state index is 11.1. The van der Waals surface area contributed by atoms with Gasteiger partial charge in [-0.05, 0) is 29.2 Å². The second-order valence-corrected chi connectivity index (χ2v) is 4.91. The quantitative estimate of drug-likeness (QED) is 0.811. The Bertz CT molecular complexity index is 504. The molecule has 0 fully saturated rings. The van der Waals surface area contributed by atoms with Gasteiger partial charge in [0.1, 0.15) is 5.60 Å².